The van der Waals surface area contributed by atoms with Gasteiger partial charge in [0.2, 0.25) is 0 Å². The van der Waals surface area contributed by atoms with E-state index in [1.54, 1.807) is 16.1 Å². The van der Waals surface area contributed by atoms with Crippen molar-refractivity contribution in [2.24, 2.45) is 12.8 Å². The predicted molar refractivity (Wildman–Crippen MR) is 82.7 cm³/mol. The maximum absolute atomic E-state index is 12.7. The molecule has 7 nitrogen and oxygen atoms in total. The smallest absolute Gasteiger partial charge is 0.328 e. The molecule has 116 valence electrons. The lowest BCUT2D eigenvalue weighted by atomic mass is 10.3. The topological polar surface area (TPSA) is 87.8 Å². The van der Waals surface area contributed by atoms with E-state index in [-0.39, 0.29) is 23.8 Å². The molecule has 0 aliphatic rings. The molecule has 1 unspecified atom stereocenters. The molecule has 0 bridgehead atoms. The number of nitrogens with zero attached hydrogens (tertiary/aromatic N) is 4. The number of fused-ring (bicyclic) bond motifs is 1. The zero-order valence-corrected chi connectivity index (χ0v) is 13.1. The highest BCUT2D eigenvalue weighted by molar-refractivity contribution is 5.71. The summed E-state index contributed by atoms with van der Waals surface area (Å²) >= 11 is 0. The minimum atomic E-state index is -0.336. The van der Waals surface area contributed by atoms with Crippen LogP contribution >= 0.6 is 0 Å². The van der Waals surface area contributed by atoms with Crippen LogP contribution in [0.3, 0.4) is 0 Å². The van der Waals surface area contributed by atoms with Crippen molar-refractivity contribution < 1.29 is 0 Å². The Morgan fingerprint density at radius 1 is 1.29 bits per heavy atom. The third-order valence-corrected chi connectivity index (χ3v) is 3.83. The van der Waals surface area contributed by atoms with Crippen LogP contribution in [0, 0.1) is 0 Å². The van der Waals surface area contributed by atoms with Gasteiger partial charge in [-0.3, -0.25) is 13.9 Å². The Balaban J connectivity index is 2.98. The number of hydrogen-bond acceptors (Lipinski definition) is 4. The van der Waals surface area contributed by atoms with Crippen LogP contribution in [-0.2, 0) is 20.0 Å². The second-order valence-corrected chi connectivity index (χ2v) is 5.31. The molecule has 0 amide bonds. The van der Waals surface area contributed by atoms with Gasteiger partial charge in [-0.15, -0.1) is 0 Å². The summed E-state index contributed by atoms with van der Waals surface area (Å²) in [4.78, 5) is 29.8. The molecule has 0 aromatic carbocycles. The molecule has 7 heteroatoms. The summed E-state index contributed by atoms with van der Waals surface area (Å²) in [6.07, 6.45) is 1.50. The first-order chi connectivity index (χ1) is 9.97. The maximum Gasteiger partial charge on any atom is 0.333 e. The third-order valence-electron chi connectivity index (χ3n) is 3.83. The van der Waals surface area contributed by atoms with Crippen LogP contribution in [0.2, 0.25) is 0 Å². The van der Waals surface area contributed by atoms with Crippen molar-refractivity contribution in [3.63, 3.8) is 0 Å². The zero-order chi connectivity index (χ0) is 15.7. The molecule has 2 rings (SSSR count). The van der Waals surface area contributed by atoms with E-state index in [1.807, 2.05) is 20.9 Å². The highest BCUT2D eigenvalue weighted by Crippen LogP contribution is 2.12. The average Bonchev–Trinajstić information content (AvgIpc) is 2.80. The number of hydrogen-bond donors (Lipinski definition) is 1. The predicted octanol–water partition coefficient (Wildman–Crippen LogP) is 0.389. The second kappa shape index (κ2) is 5.85. The number of aromatic nitrogens is 4. The van der Waals surface area contributed by atoms with Gasteiger partial charge in [0.05, 0.1) is 6.04 Å². The maximum atomic E-state index is 12.7. The van der Waals surface area contributed by atoms with Gasteiger partial charge in [0, 0.05) is 26.6 Å². The molecule has 0 fully saturated rings. The molecule has 2 aromatic rings. The largest absolute Gasteiger partial charge is 0.333 e. The van der Waals surface area contributed by atoms with Gasteiger partial charge in [0.1, 0.15) is 5.82 Å². The summed E-state index contributed by atoms with van der Waals surface area (Å²) in [6, 6.07) is -0.336. The molecule has 21 heavy (non-hydrogen) atoms. The van der Waals surface area contributed by atoms with Crippen molar-refractivity contribution in [3.05, 3.63) is 26.7 Å². The van der Waals surface area contributed by atoms with Gasteiger partial charge < -0.3 is 10.3 Å². The normalized spacial score (nSPS) is 13.0. The Hall–Kier alpha value is -1.89. The fourth-order valence-electron chi connectivity index (χ4n) is 2.61. The summed E-state index contributed by atoms with van der Waals surface area (Å²) in [5.41, 5.74) is 5.96. The first-order valence-electron chi connectivity index (χ1n) is 7.38. The van der Waals surface area contributed by atoms with Crippen molar-refractivity contribution in [2.45, 2.75) is 46.2 Å². The van der Waals surface area contributed by atoms with Crippen molar-refractivity contribution >= 4 is 11.2 Å². The van der Waals surface area contributed by atoms with E-state index in [0.717, 1.165) is 12.2 Å². The molecule has 0 saturated heterocycles. The minimum absolute atomic E-state index is 0.241. The van der Waals surface area contributed by atoms with Crippen molar-refractivity contribution in [3.8, 4) is 0 Å². The summed E-state index contributed by atoms with van der Waals surface area (Å²) in [7, 11) is 1.81. The molecule has 2 N–H and O–H groups in total. The quantitative estimate of drug-likeness (QED) is 0.863. The minimum Gasteiger partial charge on any atom is -0.328 e. The molecule has 0 radical (unpaired) electrons. The summed E-state index contributed by atoms with van der Waals surface area (Å²) in [5, 5.41) is 0. The van der Waals surface area contributed by atoms with Crippen LogP contribution in [0.15, 0.2) is 9.59 Å². The van der Waals surface area contributed by atoms with E-state index < -0.39 is 0 Å². The Kier molecular flexibility index (Phi) is 4.32. The lowest BCUT2D eigenvalue weighted by Gasteiger charge is -2.15. The molecular formula is C14H23N5O2. The number of imidazole rings is 1. The first-order valence-corrected chi connectivity index (χ1v) is 7.38. The standard InChI is InChI=1S/C14H23N5O2/c1-5-7-18-12-11(17(4)10(6-2)16-12)13(20)19(14(18)21)9(3)8-15/h9H,5-8,15H2,1-4H3. The van der Waals surface area contributed by atoms with Crippen LogP contribution in [0.1, 0.15) is 39.1 Å². The van der Waals surface area contributed by atoms with Crippen molar-refractivity contribution in [2.75, 3.05) is 6.54 Å². The lowest BCUT2D eigenvalue weighted by Crippen LogP contribution is -2.43. The van der Waals surface area contributed by atoms with E-state index in [4.69, 9.17) is 5.73 Å². The molecule has 1 atom stereocenters. The molecular weight excluding hydrogens is 270 g/mol. The monoisotopic (exact) mass is 293 g/mol. The molecule has 2 aromatic heterocycles. The number of nitrogens with two attached hydrogens (primary N) is 1. The number of rotatable bonds is 5. The average molecular weight is 293 g/mol. The van der Waals surface area contributed by atoms with E-state index in [0.29, 0.717) is 24.1 Å². The van der Waals surface area contributed by atoms with E-state index in [2.05, 4.69) is 4.98 Å². The van der Waals surface area contributed by atoms with E-state index in [1.165, 1.54) is 4.57 Å². The van der Waals surface area contributed by atoms with Gasteiger partial charge in [-0.05, 0) is 13.3 Å². The van der Waals surface area contributed by atoms with Gasteiger partial charge in [0.15, 0.2) is 11.2 Å². The molecule has 2 heterocycles. The Bertz CT molecular complexity index is 768. The van der Waals surface area contributed by atoms with Gasteiger partial charge in [-0.25, -0.2) is 9.78 Å². The summed E-state index contributed by atoms with van der Waals surface area (Å²) in [6.45, 7) is 6.52. The molecule has 0 aliphatic carbocycles. The fraction of sp³-hybridized carbons (Fsp3) is 0.643. The number of aryl methyl sites for hydroxylation is 3. The van der Waals surface area contributed by atoms with Crippen LogP contribution in [0.5, 0.6) is 0 Å². The first kappa shape index (κ1) is 15.5. The third kappa shape index (κ3) is 2.31. The summed E-state index contributed by atoms with van der Waals surface area (Å²) in [5.74, 6) is 0.796. The zero-order valence-electron chi connectivity index (χ0n) is 13.1. The van der Waals surface area contributed by atoms with Crippen LogP contribution in [0.4, 0.5) is 0 Å². The van der Waals surface area contributed by atoms with Crippen LogP contribution < -0.4 is 17.0 Å². The van der Waals surface area contributed by atoms with E-state index in [9.17, 15) is 9.59 Å². The Labute approximate surface area is 123 Å². The molecule has 0 aliphatic heterocycles. The van der Waals surface area contributed by atoms with Gasteiger partial charge in [-0.1, -0.05) is 13.8 Å². The van der Waals surface area contributed by atoms with Gasteiger partial charge in [-0.2, -0.15) is 0 Å². The van der Waals surface area contributed by atoms with Crippen molar-refractivity contribution in [1.29, 1.82) is 0 Å². The highest BCUT2D eigenvalue weighted by Gasteiger charge is 2.21. The Morgan fingerprint density at radius 2 is 1.95 bits per heavy atom. The van der Waals surface area contributed by atoms with E-state index >= 15 is 0 Å². The molecule has 0 spiro atoms. The van der Waals surface area contributed by atoms with Crippen LogP contribution in [-0.4, -0.2) is 25.2 Å². The SMILES string of the molecule is CCCn1c(=O)n(C(C)CN)c(=O)c2c1nc(CC)n2C. The summed E-state index contributed by atoms with van der Waals surface area (Å²) < 4.78 is 4.62. The van der Waals surface area contributed by atoms with Crippen LogP contribution in [0.25, 0.3) is 11.2 Å². The Morgan fingerprint density at radius 3 is 2.48 bits per heavy atom. The fourth-order valence-corrected chi connectivity index (χ4v) is 2.61. The lowest BCUT2D eigenvalue weighted by molar-refractivity contribution is 0.485. The highest BCUT2D eigenvalue weighted by atomic mass is 16.2. The second-order valence-electron chi connectivity index (χ2n) is 5.31. The van der Waals surface area contributed by atoms with Gasteiger partial charge >= 0.3 is 5.69 Å². The van der Waals surface area contributed by atoms with Gasteiger partial charge in [0.25, 0.3) is 5.56 Å². The molecule has 0 saturated carbocycles. The van der Waals surface area contributed by atoms with Crippen molar-refractivity contribution in [1.82, 2.24) is 18.7 Å².